The normalized spacial score (nSPS) is 10.8. The smallest absolute Gasteiger partial charge is 0.234 e. The van der Waals surface area contributed by atoms with Gasteiger partial charge in [-0.2, -0.15) is 0 Å². The van der Waals surface area contributed by atoms with Gasteiger partial charge in [0.05, 0.1) is 5.75 Å². The molecule has 5 nitrogen and oxygen atoms in total. The number of anilines is 1. The molecule has 3 rings (SSSR count). The fourth-order valence-corrected chi connectivity index (χ4v) is 4.20. The minimum absolute atomic E-state index is 0.0421. The van der Waals surface area contributed by atoms with Gasteiger partial charge < -0.3 is 9.88 Å². The molecule has 0 saturated carbocycles. The molecular formula is C20H21IN4OS. The highest BCUT2D eigenvalue weighted by molar-refractivity contribution is 14.1. The summed E-state index contributed by atoms with van der Waals surface area (Å²) in [5.74, 6) is 1.18. The molecule has 0 aliphatic rings. The van der Waals surface area contributed by atoms with Crippen molar-refractivity contribution in [1.29, 1.82) is 0 Å². The Hall–Kier alpha value is -1.87. The van der Waals surface area contributed by atoms with E-state index in [-0.39, 0.29) is 5.91 Å². The van der Waals surface area contributed by atoms with Crippen LogP contribution >= 0.6 is 34.4 Å². The van der Waals surface area contributed by atoms with E-state index in [1.54, 1.807) is 0 Å². The number of hydrogen-bond donors (Lipinski definition) is 1. The second-order valence-corrected chi connectivity index (χ2v) is 8.29. The fourth-order valence-electron chi connectivity index (χ4n) is 2.74. The molecule has 2 aromatic carbocycles. The molecule has 0 fully saturated rings. The lowest BCUT2D eigenvalue weighted by atomic mass is 10.1. The molecule has 0 atom stereocenters. The maximum atomic E-state index is 12.3. The van der Waals surface area contributed by atoms with Crippen molar-refractivity contribution in [3.8, 4) is 0 Å². The highest BCUT2D eigenvalue weighted by Crippen LogP contribution is 2.21. The number of carbonyl (C=O) groups excluding carboxylic acids is 1. The van der Waals surface area contributed by atoms with Gasteiger partial charge in [-0.1, -0.05) is 42.1 Å². The topological polar surface area (TPSA) is 59.8 Å². The zero-order valence-corrected chi connectivity index (χ0v) is 18.3. The van der Waals surface area contributed by atoms with Crippen LogP contribution in [0.5, 0.6) is 0 Å². The van der Waals surface area contributed by atoms with Crippen LogP contribution in [0.3, 0.4) is 0 Å². The Labute approximate surface area is 177 Å². The van der Waals surface area contributed by atoms with Crippen LogP contribution in [-0.2, 0) is 17.8 Å². The molecule has 0 aliphatic heterocycles. The first kappa shape index (κ1) is 19.9. The van der Waals surface area contributed by atoms with E-state index in [0.717, 1.165) is 38.8 Å². The molecule has 140 valence electrons. The van der Waals surface area contributed by atoms with Gasteiger partial charge in [-0.3, -0.25) is 4.79 Å². The molecule has 0 unspecified atom stereocenters. The molecule has 27 heavy (non-hydrogen) atoms. The number of rotatable bonds is 7. The molecule has 3 aromatic rings. The summed E-state index contributed by atoms with van der Waals surface area (Å²) in [5, 5.41) is 12.4. The van der Waals surface area contributed by atoms with Gasteiger partial charge in [-0.05, 0) is 65.8 Å². The first-order chi connectivity index (χ1) is 13.1. The predicted molar refractivity (Wildman–Crippen MR) is 118 cm³/mol. The zero-order chi connectivity index (χ0) is 19.2. The van der Waals surface area contributed by atoms with Crippen molar-refractivity contribution in [2.45, 2.75) is 32.0 Å². The first-order valence-corrected chi connectivity index (χ1v) is 10.8. The van der Waals surface area contributed by atoms with Gasteiger partial charge in [0.1, 0.15) is 5.82 Å². The molecule has 7 heteroatoms. The van der Waals surface area contributed by atoms with Gasteiger partial charge in [0.2, 0.25) is 5.91 Å². The van der Waals surface area contributed by atoms with Gasteiger partial charge in [0, 0.05) is 22.2 Å². The summed E-state index contributed by atoms with van der Waals surface area (Å²) in [6.45, 7) is 4.83. The van der Waals surface area contributed by atoms with Gasteiger partial charge >= 0.3 is 0 Å². The standard InChI is InChI=1S/C20H21IN4OS/c1-3-25-18(12-15-7-5-4-6-8-15)23-24-20(25)27-13-19(26)22-17-10-9-16(21)11-14(17)2/h4-11H,3,12-13H2,1-2H3,(H,22,26). The van der Waals surface area contributed by atoms with E-state index in [2.05, 4.69) is 61.7 Å². The Morgan fingerprint density at radius 2 is 1.96 bits per heavy atom. The van der Waals surface area contributed by atoms with E-state index in [1.807, 2.05) is 43.3 Å². The Kier molecular flexibility index (Phi) is 6.89. The number of aryl methyl sites for hydroxylation is 1. The third-order valence-corrected chi connectivity index (χ3v) is 5.75. The van der Waals surface area contributed by atoms with E-state index < -0.39 is 0 Å². The summed E-state index contributed by atoms with van der Waals surface area (Å²) in [6, 6.07) is 16.2. The van der Waals surface area contributed by atoms with Crippen molar-refractivity contribution < 1.29 is 4.79 Å². The number of carbonyl (C=O) groups is 1. The molecule has 1 N–H and O–H groups in total. The van der Waals surface area contributed by atoms with Crippen LogP contribution in [0.15, 0.2) is 53.7 Å². The van der Waals surface area contributed by atoms with Gasteiger partial charge in [0.25, 0.3) is 0 Å². The van der Waals surface area contributed by atoms with E-state index in [1.165, 1.54) is 17.3 Å². The number of amides is 1. The van der Waals surface area contributed by atoms with Crippen molar-refractivity contribution in [2.24, 2.45) is 0 Å². The summed E-state index contributed by atoms with van der Waals surface area (Å²) in [4.78, 5) is 12.3. The van der Waals surface area contributed by atoms with Crippen LogP contribution in [0.1, 0.15) is 23.9 Å². The molecule has 1 heterocycles. The fraction of sp³-hybridized carbons (Fsp3) is 0.250. The number of nitrogens with zero attached hydrogens (tertiary/aromatic N) is 3. The molecule has 1 amide bonds. The maximum Gasteiger partial charge on any atom is 0.234 e. The van der Waals surface area contributed by atoms with E-state index in [4.69, 9.17) is 0 Å². The summed E-state index contributed by atoms with van der Waals surface area (Å²) in [5.41, 5.74) is 3.10. The highest BCUT2D eigenvalue weighted by atomic mass is 127. The second kappa shape index (κ2) is 9.36. The zero-order valence-electron chi connectivity index (χ0n) is 15.3. The van der Waals surface area contributed by atoms with Crippen LogP contribution < -0.4 is 5.32 Å². The Morgan fingerprint density at radius 3 is 2.67 bits per heavy atom. The quantitative estimate of drug-likeness (QED) is 0.389. The van der Waals surface area contributed by atoms with Gasteiger partial charge in [-0.15, -0.1) is 10.2 Å². The van der Waals surface area contributed by atoms with E-state index in [9.17, 15) is 4.79 Å². The Morgan fingerprint density at radius 1 is 1.19 bits per heavy atom. The summed E-state index contributed by atoms with van der Waals surface area (Å²) < 4.78 is 3.22. The lowest BCUT2D eigenvalue weighted by Gasteiger charge is -2.09. The molecule has 0 spiro atoms. The predicted octanol–water partition coefficient (Wildman–Crippen LogP) is 4.53. The SMILES string of the molecule is CCn1c(Cc2ccccc2)nnc1SCC(=O)Nc1ccc(I)cc1C. The first-order valence-electron chi connectivity index (χ1n) is 8.71. The minimum atomic E-state index is -0.0421. The van der Waals surface area contributed by atoms with Gasteiger partial charge in [-0.25, -0.2) is 0 Å². The number of aromatic nitrogens is 3. The maximum absolute atomic E-state index is 12.3. The Balaban J connectivity index is 1.63. The third kappa shape index (κ3) is 5.32. The molecule has 0 radical (unpaired) electrons. The van der Waals surface area contributed by atoms with Crippen LogP contribution in [0, 0.1) is 10.5 Å². The average molecular weight is 492 g/mol. The van der Waals surface area contributed by atoms with Crippen LogP contribution in [0.2, 0.25) is 0 Å². The van der Waals surface area contributed by atoms with Crippen LogP contribution in [0.25, 0.3) is 0 Å². The summed E-state index contributed by atoms with van der Waals surface area (Å²) >= 11 is 3.68. The number of halogens is 1. The lowest BCUT2D eigenvalue weighted by molar-refractivity contribution is -0.113. The van der Waals surface area contributed by atoms with Crippen molar-refractivity contribution in [1.82, 2.24) is 14.8 Å². The highest BCUT2D eigenvalue weighted by Gasteiger charge is 2.14. The molecule has 0 bridgehead atoms. The second-order valence-electron chi connectivity index (χ2n) is 6.10. The summed E-state index contributed by atoms with van der Waals surface area (Å²) in [6.07, 6.45) is 0.732. The number of thioether (sulfide) groups is 1. The van der Waals surface area contributed by atoms with E-state index >= 15 is 0 Å². The van der Waals surface area contributed by atoms with Crippen molar-refractivity contribution >= 4 is 45.9 Å². The van der Waals surface area contributed by atoms with Crippen LogP contribution in [-0.4, -0.2) is 26.4 Å². The van der Waals surface area contributed by atoms with Crippen molar-refractivity contribution in [3.05, 3.63) is 69.1 Å². The average Bonchev–Trinajstić information content (AvgIpc) is 3.04. The van der Waals surface area contributed by atoms with Crippen molar-refractivity contribution in [2.75, 3.05) is 11.1 Å². The third-order valence-electron chi connectivity index (χ3n) is 4.11. The monoisotopic (exact) mass is 492 g/mol. The number of hydrogen-bond acceptors (Lipinski definition) is 4. The lowest BCUT2D eigenvalue weighted by Crippen LogP contribution is -2.15. The molecule has 0 saturated heterocycles. The van der Waals surface area contributed by atoms with Crippen LogP contribution in [0.4, 0.5) is 5.69 Å². The molecular weight excluding hydrogens is 471 g/mol. The van der Waals surface area contributed by atoms with E-state index in [0.29, 0.717) is 5.75 Å². The number of nitrogens with one attached hydrogen (secondary N) is 1. The van der Waals surface area contributed by atoms with Gasteiger partial charge in [0.15, 0.2) is 5.16 Å². The molecule has 1 aromatic heterocycles. The Bertz CT molecular complexity index is 927. The largest absolute Gasteiger partial charge is 0.325 e. The minimum Gasteiger partial charge on any atom is -0.325 e. The number of benzene rings is 2. The van der Waals surface area contributed by atoms with Crippen molar-refractivity contribution in [3.63, 3.8) is 0 Å². The molecule has 0 aliphatic carbocycles. The summed E-state index contributed by atoms with van der Waals surface area (Å²) in [7, 11) is 0.